The Morgan fingerprint density at radius 2 is 1.94 bits per heavy atom. The normalized spacial score (nSPS) is 12.4. The van der Waals surface area contributed by atoms with E-state index in [2.05, 4.69) is 12.2 Å². The van der Waals surface area contributed by atoms with E-state index in [9.17, 15) is 4.39 Å². The fourth-order valence-corrected chi connectivity index (χ4v) is 1.67. The summed E-state index contributed by atoms with van der Waals surface area (Å²) in [6.45, 7) is 2.80. The summed E-state index contributed by atoms with van der Waals surface area (Å²) in [4.78, 5) is 0. The maximum Gasteiger partial charge on any atom is 0.123 e. The summed E-state index contributed by atoms with van der Waals surface area (Å²) >= 11 is 0. The van der Waals surface area contributed by atoms with Crippen molar-refractivity contribution in [3.05, 3.63) is 30.1 Å². The molecule has 1 rings (SSSR count). The van der Waals surface area contributed by atoms with E-state index >= 15 is 0 Å². The first-order chi connectivity index (χ1) is 7.76. The molecule has 1 unspecified atom stereocenters. The number of unbranched alkanes of at least 4 members (excludes halogenated alkanes) is 2. The van der Waals surface area contributed by atoms with E-state index in [1.165, 1.54) is 31.4 Å². The standard InChI is InChI=1S/C13H21FN2/c1-2-3-4-5-13(10-15)16-12-8-6-11(14)7-9-12/h6-9,13,16H,2-5,10,15H2,1H3. The zero-order valence-electron chi connectivity index (χ0n) is 9.88. The molecule has 0 radical (unpaired) electrons. The number of benzene rings is 1. The van der Waals surface area contributed by atoms with Gasteiger partial charge in [-0.25, -0.2) is 4.39 Å². The smallest absolute Gasteiger partial charge is 0.123 e. The van der Waals surface area contributed by atoms with Crippen molar-refractivity contribution in [2.45, 2.75) is 38.6 Å². The van der Waals surface area contributed by atoms with Crippen LogP contribution in [-0.2, 0) is 0 Å². The highest BCUT2D eigenvalue weighted by molar-refractivity contribution is 5.43. The SMILES string of the molecule is CCCCCC(CN)Nc1ccc(F)cc1. The average molecular weight is 224 g/mol. The number of anilines is 1. The molecule has 1 aromatic carbocycles. The second-order valence-corrected chi connectivity index (χ2v) is 4.08. The lowest BCUT2D eigenvalue weighted by Crippen LogP contribution is -2.28. The maximum absolute atomic E-state index is 12.7. The second-order valence-electron chi connectivity index (χ2n) is 4.08. The molecule has 0 fully saturated rings. The van der Waals surface area contributed by atoms with Gasteiger partial charge in [0.1, 0.15) is 5.82 Å². The molecular formula is C13H21FN2. The molecule has 0 saturated heterocycles. The Balaban J connectivity index is 2.40. The van der Waals surface area contributed by atoms with Gasteiger partial charge in [0.15, 0.2) is 0 Å². The number of hydrogen-bond donors (Lipinski definition) is 2. The van der Waals surface area contributed by atoms with Gasteiger partial charge in [-0.05, 0) is 30.7 Å². The van der Waals surface area contributed by atoms with E-state index in [1.54, 1.807) is 12.1 Å². The minimum absolute atomic E-state index is 0.208. The largest absolute Gasteiger partial charge is 0.381 e. The van der Waals surface area contributed by atoms with Gasteiger partial charge in [-0.15, -0.1) is 0 Å². The third kappa shape index (κ3) is 4.62. The molecule has 0 aromatic heterocycles. The van der Waals surface area contributed by atoms with Crippen LogP contribution in [0.3, 0.4) is 0 Å². The molecule has 2 nitrogen and oxygen atoms in total. The van der Waals surface area contributed by atoms with Gasteiger partial charge in [0.2, 0.25) is 0 Å². The molecule has 1 atom stereocenters. The zero-order chi connectivity index (χ0) is 11.8. The summed E-state index contributed by atoms with van der Waals surface area (Å²) in [6.07, 6.45) is 4.71. The van der Waals surface area contributed by atoms with E-state index in [4.69, 9.17) is 5.73 Å². The Bertz CT molecular complexity index is 284. The van der Waals surface area contributed by atoms with Gasteiger partial charge in [-0.2, -0.15) is 0 Å². The summed E-state index contributed by atoms with van der Waals surface area (Å²) < 4.78 is 12.7. The molecule has 0 aliphatic heterocycles. The van der Waals surface area contributed by atoms with Crippen molar-refractivity contribution in [3.8, 4) is 0 Å². The highest BCUT2D eigenvalue weighted by atomic mass is 19.1. The first kappa shape index (κ1) is 13.0. The van der Waals surface area contributed by atoms with E-state index < -0.39 is 0 Å². The van der Waals surface area contributed by atoms with E-state index in [0.717, 1.165) is 12.1 Å². The molecule has 3 N–H and O–H groups in total. The van der Waals surface area contributed by atoms with Crippen molar-refractivity contribution >= 4 is 5.69 Å². The first-order valence-electron chi connectivity index (χ1n) is 5.98. The van der Waals surface area contributed by atoms with Crippen molar-refractivity contribution in [1.29, 1.82) is 0 Å². The molecule has 3 heteroatoms. The summed E-state index contributed by atoms with van der Waals surface area (Å²) in [6, 6.07) is 6.71. The Labute approximate surface area is 97.0 Å². The third-order valence-electron chi connectivity index (χ3n) is 2.66. The van der Waals surface area contributed by atoms with E-state index in [1.807, 2.05) is 0 Å². The van der Waals surface area contributed by atoms with Crippen LogP contribution in [0, 0.1) is 5.82 Å². The molecular weight excluding hydrogens is 203 g/mol. The molecule has 0 saturated carbocycles. The fourth-order valence-electron chi connectivity index (χ4n) is 1.67. The lowest BCUT2D eigenvalue weighted by molar-refractivity contribution is 0.591. The van der Waals surface area contributed by atoms with Crippen LogP contribution in [-0.4, -0.2) is 12.6 Å². The summed E-state index contributed by atoms with van der Waals surface area (Å²) in [5.74, 6) is -0.208. The summed E-state index contributed by atoms with van der Waals surface area (Å²) in [5.41, 5.74) is 6.63. The Kier molecular flexibility index (Phi) is 5.86. The van der Waals surface area contributed by atoms with Gasteiger partial charge in [-0.3, -0.25) is 0 Å². The van der Waals surface area contributed by atoms with Gasteiger partial charge in [0.25, 0.3) is 0 Å². The van der Waals surface area contributed by atoms with E-state index in [-0.39, 0.29) is 11.9 Å². The van der Waals surface area contributed by atoms with Gasteiger partial charge < -0.3 is 11.1 Å². The summed E-state index contributed by atoms with van der Waals surface area (Å²) in [5, 5.41) is 3.32. The lowest BCUT2D eigenvalue weighted by Gasteiger charge is -2.17. The first-order valence-corrected chi connectivity index (χ1v) is 5.98. The highest BCUT2D eigenvalue weighted by Crippen LogP contribution is 2.12. The van der Waals surface area contributed by atoms with Gasteiger partial charge in [0.05, 0.1) is 0 Å². The minimum Gasteiger partial charge on any atom is -0.381 e. The quantitative estimate of drug-likeness (QED) is 0.698. The highest BCUT2D eigenvalue weighted by Gasteiger charge is 2.05. The number of nitrogens with two attached hydrogens (primary N) is 1. The number of nitrogens with one attached hydrogen (secondary N) is 1. The molecule has 0 bridgehead atoms. The Hall–Kier alpha value is -1.09. The Morgan fingerprint density at radius 3 is 2.50 bits per heavy atom. The van der Waals surface area contributed by atoms with Gasteiger partial charge >= 0.3 is 0 Å². The molecule has 0 aliphatic rings. The van der Waals surface area contributed by atoms with Gasteiger partial charge in [-0.1, -0.05) is 26.2 Å². The maximum atomic E-state index is 12.7. The minimum atomic E-state index is -0.208. The topological polar surface area (TPSA) is 38.0 Å². The van der Waals surface area contributed by atoms with Crippen LogP contribution in [0.1, 0.15) is 32.6 Å². The monoisotopic (exact) mass is 224 g/mol. The molecule has 1 aromatic rings. The predicted molar refractivity (Wildman–Crippen MR) is 67.0 cm³/mol. The predicted octanol–water partition coefficient (Wildman–Crippen LogP) is 3.15. The van der Waals surface area contributed by atoms with Gasteiger partial charge in [0, 0.05) is 18.3 Å². The number of rotatable bonds is 7. The second kappa shape index (κ2) is 7.23. The molecule has 0 heterocycles. The van der Waals surface area contributed by atoms with Crippen molar-refractivity contribution in [2.24, 2.45) is 5.73 Å². The number of hydrogen-bond acceptors (Lipinski definition) is 2. The lowest BCUT2D eigenvalue weighted by atomic mass is 10.1. The molecule has 90 valence electrons. The average Bonchev–Trinajstić information content (AvgIpc) is 2.31. The van der Waals surface area contributed by atoms with Crippen LogP contribution in [0.5, 0.6) is 0 Å². The van der Waals surface area contributed by atoms with Crippen molar-refractivity contribution in [2.75, 3.05) is 11.9 Å². The molecule has 0 amide bonds. The van der Waals surface area contributed by atoms with Crippen LogP contribution in [0.25, 0.3) is 0 Å². The van der Waals surface area contributed by atoms with Crippen LogP contribution < -0.4 is 11.1 Å². The van der Waals surface area contributed by atoms with Crippen molar-refractivity contribution < 1.29 is 4.39 Å². The molecule has 0 aliphatic carbocycles. The van der Waals surface area contributed by atoms with Crippen LogP contribution in [0.2, 0.25) is 0 Å². The zero-order valence-corrected chi connectivity index (χ0v) is 9.88. The fraction of sp³-hybridized carbons (Fsp3) is 0.538. The van der Waals surface area contributed by atoms with E-state index in [0.29, 0.717) is 6.54 Å². The summed E-state index contributed by atoms with van der Waals surface area (Å²) in [7, 11) is 0. The van der Waals surface area contributed by atoms with Crippen molar-refractivity contribution in [1.82, 2.24) is 0 Å². The molecule has 16 heavy (non-hydrogen) atoms. The van der Waals surface area contributed by atoms with Crippen molar-refractivity contribution in [3.63, 3.8) is 0 Å². The Morgan fingerprint density at radius 1 is 1.25 bits per heavy atom. The number of halogens is 1. The van der Waals surface area contributed by atoms with Crippen LogP contribution >= 0.6 is 0 Å². The van der Waals surface area contributed by atoms with Crippen LogP contribution in [0.4, 0.5) is 10.1 Å². The third-order valence-corrected chi connectivity index (χ3v) is 2.66. The molecule has 0 spiro atoms. The van der Waals surface area contributed by atoms with Crippen LogP contribution in [0.15, 0.2) is 24.3 Å².